The van der Waals surface area contributed by atoms with Gasteiger partial charge in [0.2, 0.25) is 0 Å². The van der Waals surface area contributed by atoms with Crippen LogP contribution in [0.15, 0.2) is 194 Å². The van der Waals surface area contributed by atoms with Crippen molar-refractivity contribution in [3.63, 3.8) is 0 Å². The summed E-state index contributed by atoms with van der Waals surface area (Å²) >= 11 is 1.86. The summed E-state index contributed by atoms with van der Waals surface area (Å²) in [4.78, 5) is 2.44. The first-order valence-electron chi connectivity index (χ1n) is 17.4. The maximum Gasteiger partial charge on any atom is 0.0562 e. The molecule has 0 aliphatic carbocycles. The molecule has 0 radical (unpaired) electrons. The molecular formula is C48H32N2S. The van der Waals surface area contributed by atoms with Crippen LogP contribution in [0.2, 0.25) is 0 Å². The molecule has 0 atom stereocenters. The van der Waals surface area contributed by atoms with Crippen LogP contribution in [-0.4, -0.2) is 4.57 Å². The number of hydrogen-bond acceptors (Lipinski definition) is 2. The molecule has 3 heteroatoms. The molecule has 10 rings (SSSR count). The van der Waals surface area contributed by atoms with Crippen molar-refractivity contribution in [2.45, 2.75) is 0 Å². The van der Waals surface area contributed by atoms with E-state index in [1.54, 1.807) is 0 Å². The maximum absolute atomic E-state index is 2.44. The number of rotatable bonds is 6. The molecule has 10 aromatic rings. The molecule has 0 aliphatic rings. The van der Waals surface area contributed by atoms with Gasteiger partial charge in [0, 0.05) is 48.0 Å². The van der Waals surface area contributed by atoms with E-state index in [2.05, 4.69) is 204 Å². The Morgan fingerprint density at radius 1 is 0.373 bits per heavy atom. The molecule has 0 amide bonds. The Kier molecular flexibility index (Phi) is 7.04. The molecule has 0 aliphatic heterocycles. The van der Waals surface area contributed by atoms with Crippen LogP contribution >= 0.6 is 11.3 Å². The van der Waals surface area contributed by atoms with Crippen LogP contribution in [0.4, 0.5) is 17.1 Å². The largest absolute Gasteiger partial charge is 0.310 e. The van der Waals surface area contributed by atoms with Crippen LogP contribution in [0, 0.1) is 0 Å². The van der Waals surface area contributed by atoms with Crippen LogP contribution in [0.5, 0.6) is 0 Å². The molecule has 0 N–H and O–H groups in total. The van der Waals surface area contributed by atoms with Crippen molar-refractivity contribution < 1.29 is 0 Å². The Hall–Kier alpha value is -6.42. The first-order chi connectivity index (χ1) is 25.3. The average molecular weight is 669 g/mol. The second-order valence-corrected chi connectivity index (χ2v) is 14.1. The van der Waals surface area contributed by atoms with Crippen LogP contribution in [0.25, 0.3) is 69.9 Å². The van der Waals surface area contributed by atoms with Gasteiger partial charge < -0.3 is 9.47 Å². The molecule has 0 saturated heterocycles. The van der Waals surface area contributed by atoms with Gasteiger partial charge in [-0.15, -0.1) is 11.3 Å². The summed E-state index contributed by atoms with van der Waals surface area (Å²) < 4.78 is 5.07. The second-order valence-electron chi connectivity index (χ2n) is 13.0. The summed E-state index contributed by atoms with van der Waals surface area (Å²) in [7, 11) is 0. The minimum absolute atomic E-state index is 1.11. The van der Waals surface area contributed by atoms with Gasteiger partial charge in [-0.3, -0.25) is 0 Å². The molecule has 240 valence electrons. The predicted molar refractivity (Wildman–Crippen MR) is 219 cm³/mol. The van der Waals surface area contributed by atoms with E-state index < -0.39 is 0 Å². The number of hydrogen-bond donors (Lipinski definition) is 0. The number of benzene rings is 8. The van der Waals surface area contributed by atoms with E-state index in [4.69, 9.17) is 0 Å². The van der Waals surface area contributed by atoms with Gasteiger partial charge >= 0.3 is 0 Å². The third-order valence-electron chi connectivity index (χ3n) is 9.94. The van der Waals surface area contributed by atoms with Gasteiger partial charge in [0.25, 0.3) is 0 Å². The molecule has 0 saturated carbocycles. The number of para-hydroxylation sites is 2. The van der Waals surface area contributed by atoms with Crippen LogP contribution in [-0.2, 0) is 0 Å². The number of anilines is 3. The fourth-order valence-electron chi connectivity index (χ4n) is 7.66. The van der Waals surface area contributed by atoms with Crippen molar-refractivity contribution >= 4 is 70.4 Å². The molecule has 2 heterocycles. The number of thiophene rings is 1. The van der Waals surface area contributed by atoms with E-state index in [0.717, 1.165) is 22.7 Å². The topological polar surface area (TPSA) is 8.17 Å². The first-order valence-corrected chi connectivity index (χ1v) is 18.2. The summed E-state index contributed by atoms with van der Waals surface area (Å²) in [5.74, 6) is 0. The lowest BCUT2D eigenvalue weighted by Crippen LogP contribution is -2.10. The van der Waals surface area contributed by atoms with E-state index in [-0.39, 0.29) is 0 Å². The molecule has 0 unspecified atom stereocenters. The molecule has 2 aromatic heterocycles. The molecule has 0 spiro atoms. The molecular weight excluding hydrogens is 637 g/mol. The standard InChI is InChI=1S/C48H32N2S/c1-4-15-33(16-5-1)35-29-36(34-17-6-2-7-18-34)31-39(30-35)49(37-19-8-3-9-20-37)44-24-14-25-45-48(44)41-22-10-12-23-43(41)50(45)38-27-28-47-42(32-38)40-21-11-13-26-46(40)51-47/h1-32H. The Morgan fingerprint density at radius 2 is 0.961 bits per heavy atom. The maximum atomic E-state index is 2.44. The van der Waals surface area contributed by atoms with Crippen LogP contribution < -0.4 is 4.90 Å². The minimum atomic E-state index is 1.11. The zero-order valence-corrected chi connectivity index (χ0v) is 28.6. The summed E-state index contributed by atoms with van der Waals surface area (Å²) in [6.45, 7) is 0. The fourth-order valence-corrected chi connectivity index (χ4v) is 8.74. The Bertz CT molecular complexity index is 2790. The average Bonchev–Trinajstić information content (AvgIpc) is 3.75. The van der Waals surface area contributed by atoms with Crippen LogP contribution in [0.1, 0.15) is 0 Å². The number of fused-ring (bicyclic) bond motifs is 6. The lowest BCUT2D eigenvalue weighted by molar-refractivity contribution is 1.19. The third-order valence-corrected chi connectivity index (χ3v) is 11.1. The van der Waals surface area contributed by atoms with E-state index in [9.17, 15) is 0 Å². The zero-order valence-electron chi connectivity index (χ0n) is 27.8. The van der Waals surface area contributed by atoms with Gasteiger partial charge in [-0.2, -0.15) is 0 Å². The van der Waals surface area contributed by atoms with Gasteiger partial charge in [0.05, 0.1) is 16.7 Å². The van der Waals surface area contributed by atoms with Crippen LogP contribution in [0.3, 0.4) is 0 Å². The Labute approximate surface area is 300 Å². The third kappa shape index (κ3) is 5.01. The highest BCUT2D eigenvalue weighted by atomic mass is 32.1. The van der Waals surface area contributed by atoms with Gasteiger partial charge in [-0.05, 0) is 95.1 Å². The van der Waals surface area contributed by atoms with Crippen molar-refractivity contribution in [2.24, 2.45) is 0 Å². The SMILES string of the molecule is c1ccc(-c2cc(-c3ccccc3)cc(N(c3ccccc3)c3cccc4c3c3ccccc3n4-c3ccc4sc5ccccc5c4c3)c2)cc1. The van der Waals surface area contributed by atoms with Gasteiger partial charge in [-0.1, -0.05) is 121 Å². The van der Waals surface area contributed by atoms with Crippen molar-refractivity contribution in [3.05, 3.63) is 194 Å². The first kappa shape index (κ1) is 29.5. The Balaban J connectivity index is 1.26. The molecule has 8 aromatic carbocycles. The predicted octanol–water partition coefficient (Wildman–Crippen LogP) is 14.0. The number of nitrogens with zero attached hydrogens (tertiary/aromatic N) is 2. The monoisotopic (exact) mass is 668 g/mol. The minimum Gasteiger partial charge on any atom is -0.310 e. The normalized spacial score (nSPS) is 11.5. The highest BCUT2D eigenvalue weighted by Crippen LogP contribution is 2.46. The van der Waals surface area contributed by atoms with Crippen molar-refractivity contribution in [1.82, 2.24) is 4.57 Å². The molecule has 51 heavy (non-hydrogen) atoms. The Morgan fingerprint density at radius 3 is 1.69 bits per heavy atom. The van der Waals surface area contributed by atoms with E-state index in [1.165, 1.54) is 64.2 Å². The lowest BCUT2D eigenvalue weighted by Gasteiger charge is -2.28. The second kappa shape index (κ2) is 12.2. The number of aromatic nitrogens is 1. The van der Waals surface area contributed by atoms with E-state index in [0.29, 0.717) is 0 Å². The van der Waals surface area contributed by atoms with Gasteiger partial charge in [0.1, 0.15) is 0 Å². The summed E-state index contributed by atoms with van der Waals surface area (Å²) in [6.07, 6.45) is 0. The lowest BCUT2D eigenvalue weighted by atomic mass is 9.97. The molecule has 2 nitrogen and oxygen atoms in total. The summed E-state index contributed by atoms with van der Waals surface area (Å²) in [5, 5.41) is 5.05. The van der Waals surface area contributed by atoms with Gasteiger partial charge in [0.15, 0.2) is 0 Å². The van der Waals surface area contributed by atoms with Crippen molar-refractivity contribution in [2.75, 3.05) is 4.90 Å². The zero-order chi connectivity index (χ0) is 33.7. The van der Waals surface area contributed by atoms with Gasteiger partial charge in [-0.25, -0.2) is 0 Å². The van der Waals surface area contributed by atoms with Crippen molar-refractivity contribution in [3.8, 4) is 27.9 Å². The smallest absolute Gasteiger partial charge is 0.0562 e. The quantitative estimate of drug-likeness (QED) is 0.171. The molecule has 0 fully saturated rings. The van der Waals surface area contributed by atoms with E-state index in [1.807, 2.05) is 11.3 Å². The van der Waals surface area contributed by atoms with E-state index >= 15 is 0 Å². The summed E-state index contributed by atoms with van der Waals surface area (Å²) in [5.41, 5.74) is 11.6. The summed E-state index contributed by atoms with van der Waals surface area (Å²) in [6, 6.07) is 70.5. The fraction of sp³-hybridized carbons (Fsp3) is 0. The van der Waals surface area contributed by atoms with Crippen molar-refractivity contribution in [1.29, 1.82) is 0 Å². The highest BCUT2D eigenvalue weighted by molar-refractivity contribution is 7.25. The highest BCUT2D eigenvalue weighted by Gasteiger charge is 2.22. The molecule has 0 bridgehead atoms.